The molecule has 0 aromatic heterocycles. The third-order valence-electron chi connectivity index (χ3n) is 4.06. The van der Waals surface area contributed by atoms with E-state index in [1.807, 2.05) is 0 Å². The van der Waals surface area contributed by atoms with Crippen molar-refractivity contribution in [2.24, 2.45) is 0 Å². The van der Waals surface area contributed by atoms with Crippen LogP contribution >= 0.6 is 23.4 Å². The highest BCUT2D eigenvalue weighted by Gasteiger charge is 2.38. The number of amides is 2. The Hall–Kier alpha value is -2.14. The van der Waals surface area contributed by atoms with E-state index >= 15 is 0 Å². The molecule has 1 saturated heterocycles. The number of thioether (sulfide) groups is 1. The summed E-state index contributed by atoms with van der Waals surface area (Å²) in [6, 6.07) is 11.1. The Morgan fingerprint density at radius 3 is 2.62 bits per heavy atom. The Bertz CT molecular complexity index is 1020. The maximum atomic E-state index is 13.1. The molecule has 2 aromatic carbocycles. The normalized spacial score (nSPS) is 19.4. The molecule has 0 saturated carbocycles. The Morgan fingerprint density at radius 1 is 1.24 bits per heavy atom. The van der Waals surface area contributed by atoms with Gasteiger partial charge in [0.2, 0.25) is 11.8 Å². The number of carbonyl (C=O) groups excluding carboxylic acids is 2. The van der Waals surface area contributed by atoms with Crippen LogP contribution in [0.15, 0.2) is 53.4 Å². The monoisotopic (exact) mass is 457 g/mol. The van der Waals surface area contributed by atoms with E-state index in [0.717, 1.165) is 11.8 Å². The topological polar surface area (TPSA) is 104 Å². The van der Waals surface area contributed by atoms with E-state index in [1.54, 1.807) is 6.07 Å². The second kappa shape index (κ2) is 9.12. The number of rotatable bonds is 6. The summed E-state index contributed by atoms with van der Waals surface area (Å²) in [4.78, 5) is 24.3. The molecular weight excluding hydrogens is 441 g/mol. The van der Waals surface area contributed by atoms with Gasteiger partial charge in [-0.25, -0.2) is 12.8 Å². The van der Waals surface area contributed by atoms with Gasteiger partial charge in [-0.2, -0.15) is 0 Å². The van der Waals surface area contributed by atoms with Crippen LogP contribution in [0.2, 0.25) is 5.02 Å². The molecule has 1 aliphatic heterocycles. The first-order chi connectivity index (χ1) is 13.8. The van der Waals surface area contributed by atoms with Gasteiger partial charge in [0.05, 0.1) is 10.6 Å². The molecule has 0 spiro atoms. The van der Waals surface area contributed by atoms with Crippen LogP contribution < -0.4 is 16.0 Å². The van der Waals surface area contributed by atoms with E-state index < -0.39 is 32.3 Å². The lowest BCUT2D eigenvalue weighted by Crippen LogP contribution is -2.59. The van der Waals surface area contributed by atoms with Gasteiger partial charge in [-0.3, -0.25) is 14.9 Å². The first-order valence-electron chi connectivity index (χ1n) is 8.46. The zero-order valence-electron chi connectivity index (χ0n) is 14.9. The Balaban J connectivity index is 1.54. The summed E-state index contributed by atoms with van der Waals surface area (Å²) in [7, 11) is -3.88. The summed E-state index contributed by atoms with van der Waals surface area (Å²) in [5.41, 5.74) is -0.303. The summed E-state index contributed by atoms with van der Waals surface area (Å²) in [5, 5.41) is 7.10. The van der Waals surface area contributed by atoms with Crippen molar-refractivity contribution in [3.63, 3.8) is 0 Å². The van der Waals surface area contributed by atoms with E-state index in [4.69, 9.17) is 11.6 Å². The van der Waals surface area contributed by atoms with Crippen LogP contribution in [0.5, 0.6) is 0 Å². The molecule has 154 valence electrons. The van der Waals surface area contributed by atoms with Crippen molar-refractivity contribution in [2.45, 2.75) is 15.6 Å². The van der Waals surface area contributed by atoms with Crippen molar-refractivity contribution in [1.29, 1.82) is 0 Å². The van der Waals surface area contributed by atoms with Crippen LogP contribution in [-0.4, -0.2) is 43.3 Å². The maximum absolute atomic E-state index is 13.1. The summed E-state index contributed by atoms with van der Waals surface area (Å²) in [6.07, 6.45) is 0. The zero-order chi connectivity index (χ0) is 21.0. The Morgan fingerprint density at radius 2 is 1.97 bits per heavy atom. The largest absolute Gasteiger partial charge is 0.331 e. The van der Waals surface area contributed by atoms with Gasteiger partial charge >= 0.3 is 0 Å². The smallest absolute Gasteiger partial charge is 0.241 e. The molecule has 1 heterocycles. The van der Waals surface area contributed by atoms with Crippen molar-refractivity contribution in [3.8, 4) is 0 Å². The lowest BCUT2D eigenvalue weighted by atomic mass is 10.3. The second-order valence-electron chi connectivity index (χ2n) is 6.15. The first-order valence-corrected chi connectivity index (χ1v) is 11.4. The van der Waals surface area contributed by atoms with E-state index in [1.165, 1.54) is 42.5 Å². The van der Waals surface area contributed by atoms with E-state index in [2.05, 4.69) is 16.0 Å². The van der Waals surface area contributed by atoms with Crippen molar-refractivity contribution >= 4 is 50.7 Å². The van der Waals surface area contributed by atoms with Crippen LogP contribution in [0.4, 0.5) is 10.1 Å². The molecule has 0 bridgehead atoms. The molecule has 3 N–H and O–H groups in total. The Labute approximate surface area is 176 Å². The first kappa shape index (κ1) is 21.6. The molecule has 2 unspecified atom stereocenters. The average Bonchev–Trinajstić information content (AvgIpc) is 2.66. The van der Waals surface area contributed by atoms with Crippen molar-refractivity contribution in [3.05, 3.63) is 59.4 Å². The van der Waals surface area contributed by atoms with Crippen molar-refractivity contribution in [2.75, 3.05) is 17.6 Å². The fourth-order valence-electron chi connectivity index (χ4n) is 2.64. The molecule has 0 radical (unpaired) electrons. The van der Waals surface area contributed by atoms with E-state index in [-0.39, 0.29) is 23.1 Å². The summed E-state index contributed by atoms with van der Waals surface area (Å²) >= 11 is 6.86. The molecule has 2 amide bonds. The number of carbonyl (C=O) groups is 2. The number of benzene rings is 2. The van der Waals surface area contributed by atoms with Crippen LogP contribution in [-0.2, 0) is 19.4 Å². The van der Waals surface area contributed by atoms with Crippen molar-refractivity contribution < 1.29 is 22.4 Å². The maximum Gasteiger partial charge on any atom is 0.241 e. The summed E-state index contributed by atoms with van der Waals surface area (Å²) < 4.78 is 38.5. The highest BCUT2D eigenvalue weighted by atomic mass is 35.5. The molecular formula is C18H17ClFN3O4S2. The SMILES string of the molecule is O=C(CSC1NCC(S(=O)(=O)c2ccc(Cl)cc2)C(=O)N1)Nc1cccc(F)c1. The molecule has 0 aliphatic carbocycles. The highest BCUT2D eigenvalue weighted by molar-refractivity contribution is 8.00. The Kier molecular flexibility index (Phi) is 6.78. The highest BCUT2D eigenvalue weighted by Crippen LogP contribution is 2.21. The van der Waals surface area contributed by atoms with Gasteiger partial charge in [0.15, 0.2) is 15.1 Å². The number of nitrogens with one attached hydrogen (secondary N) is 3. The number of hydrogen-bond acceptors (Lipinski definition) is 6. The third kappa shape index (κ3) is 5.47. The molecule has 2 atom stereocenters. The lowest BCUT2D eigenvalue weighted by Gasteiger charge is -2.29. The van der Waals surface area contributed by atoms with E-state index in [9.17, 15) is 22.4 Å². The van der Waals surface area contributed by atoms with Crippen molar-refractivity contribution in [1.82, 2.24) is 10.6 Å². The van der Waals surface area contributed by atoms with E-state index in [0.29, 0.717) is 10.7 Å². The molecule has 1 aliphatic rings. The second-order valence-corrected chi connectivity index (χ2v) is 9.81. The molecule has 2 aromatic rings. The van der Waals surface area contributed by atoms with Gasteiger partial charge in [-0.1, -0.05) is 17.7 Å². The fourth-order valence-corrected chi connectivity index (χ4v) is 5.08. The van der Waals surface area contributed by atoms with Crippen LogP contribution in [0.3, 0.4) is 0 Å². The minimum Gasteiger partial charge on any atom is -0.331 e. The van der Waals surface area contributed by atoms with Gasteiger partial charge in [0, 0.05) is 17.3 Å². The predicted molar refractivity (Wildman–Crippen MR) is 110 cm³/mol. The standard InChI is InChI=1S/C18H17ClFN3O4S2/c19-11-4-6-14(7-5-11)29(26,27)15-9-21-18(23-17(15)25)28-10-16(24)22-13-3-1-2-12(20)8-13/h1-8,15,18,21H,9-10H2,(H,22,24)(H,23,25). The number of hydrogen-bond donors (Lipinski definition) is 3. The minimum atomic E-state index is -3.88. The van der Waals surface area contributed by atoms with Crippen LogP contribution in [0.25, 0.3) is 0 Å². The van der Waals surface area contributed by atoms with Gasteiger partial charge in [-0.15, -0.1) is 11.8 Å². The predicted octanol–water partition coefficient (Wildman–Crippen LogP) is 2.00. The fraction of sp³-hybridized carbons (Fsp3) is 0.222. The average molecular weight is 458 g/mol. The summed E-state index contributed by atoms with van der Waals surface area (Å²) in [6.45, 7) is -0.0972. The van der Waals surface area contributed by atoms with Gasteiger partial charge in [0.25, 0.3) is 0 Å². The molecule has 1 fully saturated rings. The molecule has 7 nitrogen and oxygen atoms in total. The quantitative estimate of drug-likeness (QED) is 0.613. The van der Waals surface area contributed by atoms with Crippen LogP contribution in [0, 0.1) is 5.82 Å². The molecule has 11 heteroatoms. The lowest BCUT2D eigenvalue weighted by molar-refractivity contribution is -0.122. The van der Waals surface area contributed by atoms with Gasteiger partial charge in [0.1, 0.15) is 11.3 Å². The van der Waals surface area contributed by atoms with Crippen LogP contribution in [0.1, 0.15) is 0 Å². The summed E-state index contributed by atoms with van der Waals surface area (Å²) in [5.74, 6) is -1.53. The molecule has 29 heavy (non-hydrogen) atoms. The zero-order valence-corrected chi connectivity index (χ0v) is 17.3. The van der Waals surface area contributed by atoms with Gasteiger partial charge in [-0.05, 0) is 42.5 Å². The third-order valence-corrected chi connectivity index (χ3v) is 7.42. The van der Waals surface area contributed by atoms with Gasteiger partial charge < -0.3 is 10.6 Å². The number of sulfone groups is 1. The number of anilines is 1. The minimum absolute atomic E-state index is 0.00410. The molecule has 3 rings (SSSR count). The number of halogens is 2.